The summed E-state index contributed by atoms with van der Waals surface area (Å²) in [4.78, 5) is 0.142. The average Bonchev–Trinajstić information content (AvgIpc) is 2.68. The van der Waals surface area contributed by atoms with Gasteiger partial charge in [-0.1, -0.05) is 20.8 Å². The number of aromatic amines is 1. The van der Waals surface area contributed by atoms with Gasteiger partial charge in [0.2, 0.25) is 10.0 Å². The second-order valence-corrected chi connectivity index (χ2v) is 6.77. The quantitative estimate of drug-likeness (QED) is 0.715. The van der Waals surface area contributed by atoms with Crippen LogP contribution in [0.2, 0.25) is 0 Å². The Hall–Kier alpha value is -0.920. The molecule has 0 aliphatic rings. The van der Waals surface area contributed by atoms with Gasteiger partial charge in [0.15, 0.2) is 0 Å². The molecule has 0 saturated heterocycles. The molecule has 1 rings (SSSR count). The molecule has 17 heavy (non-hydrogen) atoms. The fraction of sp³-hybridized carbons (Fsp3) is 0.700. The van der Waals surface area contributed by atoms with E-state index < -0.39 is 10.0 Å². The molecule has 7 heteroatoms. The molecular weight excluding hydrogens is 240 g/mol. The Bertz CT molecular complexity index is 433. The van der Waals surface area contributed by atoms with Gasteiger partial charge in [0.05, 0.1) is 6.20 Å². The maximum atomic E-state index is 12.0. The summed E-state index contributed by atoms with van der Waals surface area (Å²) in [5.74, 6) is 0. The SMILES string of the molecule is CC(C)(C)C(CCN)NS(=O)(=O)c1cn[nH]c1. The first-order valence-corrected chi connectivity index (χ1v) is 6.97. The number of sulfonamides is 1. The van der Waals surface area contributed by atoms with Crippen LogP contribution in [0.5, 0.6) is 0 Å². The first kappa shape index (κ1) is 14.1. The van der Waals surface area contributed by atoms with Crippen LogP contribution >= 0.6 is 0 Å². The maximum absolute atomic E-state index is 12.0. The standard InChI is InChI=1S/C10H20N4O2S/c1-10(2,3)9(4-5-11)14-17(15,16)8-6-12-13-7-8/h6-7,9,14H,4-5,11H2,1-3H3,(H,12,13). The van der Waals surface area contributed by atoms with Crippen LogP contribution < -0.4 is 10.5 Å². The number of aromatic nitrogens is 2. The van der Waals surface area contributed by atoms with E-state index in [9.17, 15) is 8.42 Å². The second kappa shape index (κ2) is 5.16. The molecule has 0 aliphatic heterocycles. The fourth-order valence-corrected chi connectivity index (χ4v) is 2.86. The molecule has 4 N–H and O–H groups in total. The third-order valence-corrected chi connectivity index (χ3v) is 4.02. The highest BCUT2D eigenvalue weighted by Crippen LogP contribution is 2.23. The molecule has 6 nitrogen and oxygen atoms in total. The summed E-state index contributed by atoms with van der Waals surface area (Å²) < 4.78 is 26.7. The minimum absolute atomic E-state index is 0.142. The highest BCUT2D eigenvalue weighted by Gasteiger charge is 2.29. The van der Waals surface area contributed by atoms with Gasteiger partial charge in [-0.15, -0.1) is 0 Å². The molecule has 0 amide bonds. The van der Waals surface area contributed by atoms with Crippen LogP contribution in [0.15, 0.2) is 17.3 Å². The monoisotopic (exact) mass is 260 g/mol. The van der Waals surface area contributed by atoms with Gasteiger partial charge in [-0.25, -0.2) is 13.1 Å². The first-order chi connectivity index (χ1) is 7.77. The smallest absolute Gasteiger partial charge is 0.243 e. The summed E-state index contributed by atoms with van der Waals surface area (Å²) in [5, 5.41) is 6.12. The maximum Gasteiger partial charge on any atom is 0.243 e. The molecule has 1 heterocycles. The molecule has 0 fully saturated rings. The van der Waals surface area contributed by atoms with Crippen molar-refractivity contribution in [1.82, 2.24) is 14.9 Å². The normalized spacial score (nSPS) is 14.8. The van der Waals surface area contributed by atoms with Gasteiger partial charge in [-0.3, -0.25) is 5.10 Å². The summed E-state index contributed by atoms with van der Waals surface area (Å²) in [6.45, 7) is 6.37. The van der Waals surface area contributed by atoms with E-state index in [0.717, 1.165) is 0 Å². The van der Waals surface area contributed by atoms with E-state index in [2.05, 4.69) is 14.9 Å². The van der Waals surface area contributed by atoms with Crippen LogP contribution in [0, 0.1) is 5.41 Å². The summed E-state index contributed by atoms with van der Waals surface area (Å²) in [6, 6.07) is -0.201. The molecule has 0 radical (unpaired) electrons. The molecular formula is C10H20N4O2S. The molecule has 1 aromatic rings. The zero-order chi connectivity index (χ0) is 13.1. The molecule has 0 aliphatic carbocycles. The fourth-order valence-electron chi connectivity index (χ4n) is 1.48. The first-order valence-electron chi connectivity index (χ1n) is 5.48. The molecule has 1 atom stereocenters. The number of nitrogens with one attached hydrogen (secondary N) is 2. The van der Waals surface area contributed by atoms with Crippen molar-refractivity contribution in [3.8, 4) is 0 Å². The predicted molar refractivity (Wildman–Crippen MR) is 65.8 cm³/mol. The van der Waals surface area contributed by atoms with Crippen molar-refractivity contribution in [2.24, 2.45) is 11.1 Å². The van der Waals surface area contributed by atoms with E-state index >= 15 is 0 Å². The number of rotatable bonds is 5. The van der Waals surface area contributed by atoms with Gasteiger partial charge < -0.3 is 5.73 Å². The molecule has 0 bridgehead atoms. The zero-order valence-corrected chi connectivity index (χ0v) is 11.2. The lowest BCUT2D eigenvalue weighted by Gasteiger charge is -2.30. The van der Waals surface area contributed by atoms with Crippen molar-refractivity contribution in [3.63, 3.8) is 0 Å². The van der Waals surface area contributed by atoms with Gasteiger partial charge >= 0.3 is 0 Å². The third kappa shape index (κ3) is 3.79. The molecule has 1 aromatic heterocycles. The highest BCUT2D eigenvalue weighted by molar-refractivity contribution is 7.89. The van der Waals surface area contributed by atoms with Crippen LogP contribution in [-0.2, 0) is 10.0 Å². The molecule has 0 spiro atoms. The van der Waals surface area contributed by atoms with Gasteiger partial charge in [-0.2, -0.15) is 5.10 Å². The Labute approximate surface area is 102 Å². The van der Waals surface area contributed by atoms with Crippen LogP contribution in [0.1, 0.15) is 27.2 Å². The van der Waals surface area contributed by atoms with Gasteiger partial charge in [0, 0.05) is 12.2 Å². The number of H-pyrrole nitrogens is 1. The van der Waals surface area contributed by atoms with Crippen molar-refractivity contribution >= 4 is 10.0 Å². The van der Waals surface area contributed by atoms with Crippen LogP contribution in [-0.4, -0.2) is 31.2 Å². The van der Waals surface area contributed by atoms with Crippen LogP contribution in [0.25, 0.3) is 0 Å². The Morgan fingerprint density at radius 3 is 2.59 bits per heavy atom. The topological polar surface area (TPSA) is 101 Å². The van der Waals surface area contributed by atoms with Crippen LogP contribution in [0.3, 0.4) is 0 Å². The highest BCUT2D eigenvalue weighted by atomic mass is 32.2. The molecule has 1 unspecified atom stereocenters. The largest absolute Gasteiger partial charge is 0.330 e. The average molecular weight is 260 g/mol. The Morgan fingerprint density at radius 1 is 1.53 bits per heavy atom. The lowest BCUT2D eigenvalue weighted by Crippen LogP contribution is -2.44. The summed E-state index contributed by atoms with van der Waals surface area (Å²) >= 11 is 0. The van der Waals surface area contributed by atoms with E-state index in [-0.39, 0.29) is 16.4 Å². The summed E-state index contributed by atoms with van der Waals surface area (Å²) in [5.41, 5.74) is 5.33. The molecule has 0 saturated carbocycles. The summed E-state index contributed by atoms with van der Waals surface area (Å²) in [6.07, 6.45) is 3.23. The zero-order valence-electron chi connectivity index (χ0n) is 10.4. The molecule has 0 aromatic carbocycles. The number of hydrogen-bond acceptors (Lipinski definition) is 4. The minimum Gasteiger partial charge on any atom is -0.330 e. The minimum atomic E-state index is -3.52. The van der Waals surface area contributed by atoms with Crippen LogP contribution in [0.4, 0.5) is 0 Å². The van der Waals surface area contributed by atoms with Gasteiger partial charge in [0.1, 0.15) is 4.90 Å². The van der Waals surface area contributed by atoms with E-state index in [1.807, 2.05) is 20.8 Å². The van der Waals surface area contributed by atoms with Crippen molar-refractivity contribution in [2.75, 3.05) is 6.54 Å². The van der Waals surface area contributed by atoms with E-state index in [1.54, 1.807) is 0 Å². The predicted octanol–water partition coefficient (Wildman–Crippen LogP) is 0.452. The van der Waals surface area contributed by atoms with Crippen molar-refractivity contribution in [2.45, 2.75) is 38.1 Å². The van der Waals surface area contributed by atoms with E-state index in [4.69, 9.17) is 5.73 Å². The second-order valence-electron chi connectivity index (χ2n) is 5.05. The Balaban J connectivity index is 2.88. The number of nitrogens with two attached hydrogens (primary N) is 1. The van der Waals surface area contributed by atoms with Crippen molar-refractivity contribution in [1.29, 1.82) is 0 Å². The number of nitrogens with zero attached hydrogens (tertiary/aromatic N) is 1. The Kier molecular flexibility index (Phi) is 4.29. The van der Waals surface area contributed by atoms with Gasteiger partial charge in [-0.05, 0) is 18.4 Å². The summed E-state index contributed by atoms with van der Waals surface area (Å²) in [7, 11) is -3.52. The third-order valence-electron chi connectivity index (χ3n) is 2.58. The van der Waals surface area contributed by atoms with Crippen molar-refractivity contribution < 1.29 is 8.42 Å². The van der Waals surface area contributed by atoms with E-state index in [1.165, 1.54) is 12.4 Å². The van der Waals surface area contributed by atoms with E-state index in [0.29, 0.717) is 13.0 Å². The van der Waals surface area contributed by atoms with Crippen molar-refractivity contribution in [3.05, 3.63) is 12.4 Å². The Morgan fingerprint density at radius 2 is 2.18 bits per heavy atom. The molecule has 98 valence electrons. The lowest BCUT2D eigenvalue weighted by atomic mass is 9.85. The van der Waals surface area contributed by atoms with Gasteiger partial charge in [0.25, 0.3) is 0 Å². The number of hydrogen-bond donors (Lipinski definition) is 3. The lowest BCUT2D eigenvalue weighted by molar-refractivity contribution is 0.287.